The normalized spacial score (nSPS) is 13.8. The fraction of sp³-hybridized carbons (Fsp3) is 0.407. The first-order chi connectivity index (χ1) is 17.1. The van der Waals surface area contributed by atoms with Gasteiger partial charge in [0, 0.05) is 37.1 Å². The van der Waals surface area contributed by atoms with Gasteiger partial charge in [0.1, 0.15) is 16.5 Å². The van der Waals surface area contributed by atoms with Gasteiger partial charge in [-0.1, -0.05) is 24.3 Å². The largest absolute Gasteiger partial charge is 0.493 e. The molecule has 3 aromatic rings. The number of nitrogens with zero attached hydrogens (tertiary/aromatic N) is 3. The summed E-state index contributed by atoms with van der Waals surface area (Å²) in [6.45, 7) is 3.29. The summed E-state index contributed by atoms with van der Waals surface area (Å²) >= 11 is 1.49. The van der Waals surface area contributed by atoms with Crippen molar-refractivity contribution in [2.75, 3.05) is 33.9 Å². The quantitative estimate of drug-likeness (QED) is 0.387. The fourth-order valence-electron chi connectivity index (χ4n) is 4.34. The molecular weight excluding hydrogens is 465 g/mol. The van der Waals surface area contributed by atoms with Crippen molar-refractivity contribution in [1.82, 2.24) is 14.8 Å². The highest BCUT2D eigenvalue weighted by atomic mass is 32.1. The van der Waals surface area contributed by atoms with Gasteiger partial charge in [0.05, 0.1) is 20.8 Å². The fourth-order valence-corrected chi connectivity index (χ4v) is 5.15. The van der Waals surface area contributed by atoms with E-state index in [-0.39, 0.29) is 11.7 Å². The number of amides is 1. The van der Waals surface area contributed by atoms with E-state index < -0.39 is 0 Å². The van der Waals surface area contributed by atoms with Gasteiger partial charge >= 0.3 is 0 Å². The van der Waals surface area contributed by atoms with E-state index in [9.17, 15) is 9.18 Å². The molecule has 1 aliphatic heterocycles. The number of hydrogen-bond acceptors (Lipinski definition) is 6. The minimum Gasteiger partial charge on any atom is -0.493 e. The SMILES string of the molecule is COc1ccc(CCN(Cc2nc(C(=O)N3CCCCC3)cs2)Cc2ccccc2F)cc1OC. The van der Waals surface area contributed by atoms with Crippen molar-refractivity contribution in [3.8, 4) is 11.5 Å². The third kappa shape index (κ3) is 6.58. The molecule has 0 atom stereocenters. The Morgan fingerprint density at radius 1 is 1.06 bits per heavy atom. The molecule has 1 fully saturated rings. The summed E-state index contributed by atoms with van der Waals surface area (Å²) in [5.41, 5.74) is 2.25. The van der Waals surface area contributed by atoms with Crippen LogP contribution in [0.15, 0.2) is 47.8 Å². The highest BCUT2D eigenvalue weighted by Crippen LogP contribution is 2.28. The number of rotatable bonds is 10. The Morgan fingerprint density at radius 2 is 1.83 bits per heavy atom. The number of thiazole rings is 1. The number of carbonyl (C=O) groups is 1. The Bertz CT molecular complexity index is 1130. The number of carbonyl (C=O) groups excluding carboxylic acids is 1. The predicted octanol–water partition coefficient (Wildman–Crippen LogP) is 5.17. The van der Waals surface area contributed by atoms with Crippen LogP contribution >= 0.6 is 11.3 Å². The molecule has 4 rings (SSSR count). The average molecular weight is 498 g/mol. The number of likely N-dealkylation sites (tertiary alicyclic amines) is 1. The van der Waals surface area contributed by atoms with Crippen molar-refractivity contribution in [1.29, 1.82) is 0 Å². The minimum absolute atomic E-state index is 0.0122. The molecule has 0 unspecified atom stereocenters. The molecule has 0 saturated carbocycles. The van der Waals surface area contributed by atoms with Gasteiger partial charge in [-0.15, -0.1) is 11.3 Å². The van der Waals surface area contributed by atoms with Crippen LogP contribution < -0.4 is 9.47 Å². The summed E-state index contributed by atoms with van der Waals surface area (Å²) in [6, 6.07) is 12.7. The van der Waals surface area contributed by atoms with Gasteiger partial charge in [-0.2, -0.15) is 0 Å². The molecule has 1 aliphatic rings. The zero-order valence-electron chi connectivity index (χ0n) is 20.3. The van der Waals surface area contributed by atoms with Crippen molar-refractivity contribution >= 4 is 17.2 Å². The van der Waals surface area contributed by atoms with Gasteiger partial charge in [-0.05, 0) is 49.4 Å². The third-order valence-electron chi connectivity index (χ3n) is 6.29. The van der Waals surface area contributed by atoms with Gasteiger partial charge < -0.3 is 14.4 Å². The van der Waals surface area contributed by atoms with E-state index in [1.165, 1.54) is 23.8 Å². The van der Waals surface area contributed by atoms with Crippen LogP contribution in [0.1, 0.15) is 45.9 Å². The van der Waals surface area contributed by atoms with Gasteiger partial charge in [0.2, 0.25) is 0 Å². The molecule has 6 nitrogen and oxygen atoms in total. The Labute approximate surface area is 210 Å². The lowest BCUT2D eigenvalue weighted by atomic mass is 10.1. The average Bonchev–Trinajstić information content (AvgIpc) is 3.36. The zero-order chi connectivity index (χ0) is 24.6. The molecule has 186 valence electrons. The second-order valence-corrected chi connectivity index (χ2v) is 9.66. The van der Waals surface area contributed by atoms with Crippen LogP contribution in [0, 0.1) is 5.82 Å². The Kier molecular flexibility index (Phi) is 8.71. The topological polar surface area (TPSA) is 54.9 Å². The number of hydrogen-bond donors (Lipinski definition) is 0. The number of halogens is 1. The van der Waals surface area contributed by atoms with E-state index in [4.69, 9.17) is 9.47 Å². The van der Waals surface area contributed by atoms with E-state index in [1.54, 1.807) is 20.3 Å². The smallest absolute Gasteiger partial charge is 0.273 e. The molecule has 1 aromatic heterocycles. The summed E-state index contributed by atoms with van der Waals surface area (Å²) in [7, 11) is 3.24. The van der Waals surface area contributed by atoms with Crippen LogP contribution in [-0.4, -0.2) is 54.5 Å². The number of aromatic nitrogens is 1. The Balaban J connectivity index is 1.47. The molecular formula is C27H32FN3O3S. The van der Waals surface area contributed by atoms with E-state index in [1.807, 2.05) is 40.6 Å². The summed E-state index contributed by atoms with van der Waals surface area (Å²) in [5, 5.41) is 2.70. The number of piperidine rings is 1. The zero-order valence-corrected chi connectivity index (χ0v) is 21.2. The monoisotopic (exact) mass is 497 g/mol. The van der Waals surface area contributed by atoms with Crippen LogP contribution in [0.2, 0.25) is 0 Å². The van der Waals surface area contributed by atoms with Crippen molar-refractivity contribution in [3.05, 3.63) is 75.5 Å². The van der Waals surface area contributed by atoms with Crippen LogP contribution in [0.25, 0.3) is 0 Å². The van der Waals surface area contributed by atoms with Gasteiger partial charge in [-0.3, -0.25) is 9.69 Å². The summed E-state index contributed by atoms with van der Waals surface area (Å²) < 4.78 is 25.2. The second kappa shape index (κ2) is 12.1. The first-order valence-electron chi connectivity index (χ1n) is 12.0. The second-order valence-electron chi connectivity index (χ2n) is 8.72. The van der Waals surface area contributed by atoms with Gasteiger partial charge in [0.25, 0.3) is 5.91 Å². The molecule has 0 bridgehead atoms. The van der Waals surface area contributed by atoms with Crippen molar-refractivity contribution in [3.63, 3.8) is 0 Å². The lowest BCUT2D eigenvalue weighted by molar-refractivity contribution is 0.0719. The first kappa shape index (κ1) is 25.1. The highest BCUT2D eigenvalue weighted by molar-refractivity contribution is 7.09. The lowest BCUT2D eigenvalue weighted by Crippen LogP contribution is -2.35. The highest BCUT2D eigenvalue weighted by Gasteiger charge is 2.21. The van der Waals surface area contributed by atoms with Gasteiger partial charge in [0.15, 0.2) is 11.5 Å². The maximum atomic E-state index is 14.4. The molecule has 8 heteroatoms. The standard InChI is InChI=1S/C27H32FN3O3S/c1-33-24-11-10-20(16-25(24)34-2)12-15-30(17-21-8-4-5-9-22(21)28)18-26-29-23(19-35-26)27(32)31-13-6-3-7-14-31/h4-5,8-11,16,19H,3,6-7,12-15,17-18H2,1-2H3. The molecule has 2 aromatic carbocycles. The van der Waals surface area contributed by atoms with E-state index >= 15 is 0 Å². The van der Waals surface area contributed by atoms with Crippen LogP contribution in [0.4, 0.5) is 4.39 Å². The van der Waals surface area contributed by atoms with Gasteiger partial charge in [-0.25, -0.2) is 9.37 Å². The molecule has 1 saturated heterocycles. The number of methoxy groups -OCH3 is 2. The maximum Gasteiger partial charge on any atom is 0.273 e. The molecule has 0 spiro atoms. The maximum absolute atomic E-state index is 14.4. The first-order valence-corrected chi connectivity index (χ1v) is 12.9. The summed E-state index contributed by atoms with van der Waals surface area (Å²) in [5.74, 6) is 1.17. The molecule has 1 amide bonds. The summed E-state index contributed by atoms with van der Waals surface area (Å²) in [4.78, 5) is 21.6. The third-order valence-corrected chi connectivity index (χ3v) is 7.12. The van der Waals surface area contributed by atoms with E-state index in [2.05, 4.69) is 9.88 Å². The van der Waals surface area contributed by atoms with E-state index in [0.29, 0.717) is 42.4 Å². The van der Waals surface area contributed by atoms with Crippen molar-refractivity contribution in [2.24, 2.45) is 0 Å². The molecule has 0 N–H and O–H groups in total. The lowest BCUT2D eigenvalue weighted by Gasteiger charge is -2.25. The molecule has 0 aliphatic carbocycles. The van der Waals surface area contributed by atoms with Crippen LogP contribution in [0.5, 0.6) is 11.5 Å². The number of ether oxygens (including phenoxy) is 2. The van der Waals surface area contributed by atoms with Crippen LogP contribution in [-0.2, 0) is 19.5 Å². The molecule has 0 radical (unpaired) electrons. The Morgan fingerprint density at radius 3 is 2.57 bits per heavy atom. The Hall–Kier alpha value is -2.97. The summed E-state index contributed by atoms with van der Waals surface area (Å²) in [6.07, 6.45) is 4.03. The molecule has 35 heavy (non-hydrogen) atoms. The van der Waals surface area contributed by atoms with Crippen molar-refractivity contribution < 1.29 is 18.7 Å². The minimum atomic E-state index is -0.219. The number of benzene rings is 2. The predicted molar refractivity (Wildman–Crippen MR) is 136 cm³/mol. The van der Waals surface area contributed by atoms with Crippen molar-refractivity contribution in [2.45, 2.75) is 38.8 Å². The van der Waals surface area contributed by atoms with Crippen LogP contribution in [0.3, 0.4) is 0 Å². The molecule has 2 heterocycles. The van der Waals surface area contributed by atoms with E-state index in [0.717, 1.165) is 42.9 Å².